The van der Waals surface area contributed by atoms with Crippen molar-refractivity contribution in [1.82, 2.24) is 15.5 Å². The topological polar surface area (TPSA) is 53.9 Å². The Morgan fingerprint density at radius 1 is 1.38 bits per heavy atom. The van der Waals surface area contributed by atoms with Crippen LogP contribution < -0.4 is 5.32 Å². The Morgan fingerprint density at radius 2 is 2.38 bits per heavy atom. The molecule has 0 radical (unpaired) electrons. The average Bonchev–Trinajstić information content (AvgIpc) is 2.75. The van der Waals surface area contributed by atoms with Gasteiger partial charge in [0.05, 0.1) is 5.69 Å². The van der Waals surface area contributed by atoms with Crippen LogP contribution in [-0.2, 0) is 13.1 Å². The maximum atomic E-state index is 4.70. The number of rotatable bonds is 4. The second-order valence-electron chi connectivity index (χ2n) is 2.79. The van der Waals surface area contributed by atoms with E-state index in [1.165, 1.54) is 5.69 Å². The minimum atomic E-state index is 0.732. The smallest absolute Gasteiger partial charge is 0.124 e. The highest BCUT2D eigenvalue weighted by Gasteiger charge is 1.95. The first-order chi connectivity index (χ1) is 6.45. The Kier molecular flexibility index (Phi) is 2.43. The Morgan fingerprint density at radius 3 is 3.08 bits per heavy atom. The van der Waals surface area contributed by atoms with Gasteiger partial charge in [-0.15, -0.1) is 0 Å². The molecule has 13 heavy (non-hydrogen) atoms. The van der Waals surface area contributed by atoms with Gasteiger partial charge in [0.1, 0.15) is 6.26 Å². The Hall–Kier alpha value is -1.55. The highest BCUT2D eigenvalue weighted by molar-refractivity contribution is 5.03. The number of aromatic nitrogens is 2. The van der Waals surface area contributed by atoms with Gasteiger partial charge in [0.15, 0.2) is 0 Å². The van der Waals surface area contributed by atoms with Crippen molar-refractivity contribution >= 4 is 0 Å². The highest BCUT2D eigenvalue weighted by Crippen LogP contribution is 1.96. The molecule has 0 aliphatic carbocycles. The van der Waals surface area contributed by atoms with Crippen molar-refractivity contribution in [3.8, 4) is 0 Å². The van der Waals surface area contributed by atoms with Gasteiger partial charge in [-0.3, -0.25) is 0 Å². The lowest BCUT2D eigenvalue weighted by atomic mass is 10.4. The van der Waals surface area contributed by atoms with Gasteiger partial charge in [-0.25, -0.2) is 0 Å². The van der Waals surface area contributed by atoms with E-state index in [4.69, 9.17) is 4.52 Å². The van der Waals surface area contributed by atoms with Gasteiger partial charge in [0, 0.05) is 31.0 Å². The summed E-state index contributed by atoms with van der Waals surface area (Å²) in [6, 6.07) is 5.87. The van der Waals surface area contributed by atoms with Crippen LogP contribution in [0.1, 0.15) is 11.4 Å². The summed E-state index contributed by atoms with van der Waals surface area (Å²) in [5.41, 5.74) is 2.09. The van der Waals surface area contributed by atoms with Crippen molar-refractivity contribution < 1.29 is 4.52 Å². The molecule has 4 nitrogen and oxygen atoms in total. The van der Waals surface area contributed by atoms with Crippen molar-refractivity contribution in [2.24, 2.45) is 0 Å². The Balaban J connectivity index is 1.76. The highest BCUT2D eigenvalue weighted by atomic mass is 16.5. The molecule has 0 spiro atoms. The van der Waals surface area contributed by atoms with Crippen LogP contribution in [0.15, 0.2) is 35.2 Å². The maximum Gasteiger partial charge on any atom is 0.124 e. The molecular formula is C9H11N3O. The predicted molar refractivity (Wildman–Crippen MR) is 47.8 cm³/mol. The van der Waals surface area contributed by atoms with E-state index in [1.807, 2.05) is 24.4 Å². The normalized spacial score (nSPS) is 10.5. The molecule has 2 aromatic rings. The summed E-state index contributed by atoms with van der Waals surface area (Å²) >= 11 is 0. The lowest BCUT2D eigenvalue weighted by molar-refractivity contribution is 0.408. The van der Waals surface area contributed by atoms with Gasteiger partial charge in [-0.2, -0.15) is 0 Å². The fourth-order valence-corrected chi connectivity index (χ4v) is 1.13. The third kappa shape index (κ3) is 2.19. The summed E-state index contributed by atoms with van der Waals surface area (Å²) in [5, 5.41) is 7.02. The third-order valence-corrected chi connectivity index (χ3v) is 1.78. The Bertz CT molecular complexity index is 291. The molecule has 0 aromatic carbocycles. The van der Waals surface area contributed by atoms with Crippen LogP contribution in [0.25, 0.3) is 0 Å². The second-order valence-corrected chi connectivity index (χ2v) is 2.79. The van der Waals surface area contributed by atoms with Crippen molar-refractivity contribution in [3.63, 3.8) is 0 Å². The third-order valence-electron chi connectivity index (χ3n) is 1.78. The minimum absolute atomic E-state index is 0.732. The molecule has 0 saturated carbocycles. The Labute approximate surface area is 75.9 Å². The molecule has 0 aliphatic heterocycles. The largest absolute Gasteiger partial charge is 0.364 e. The second kappa shape index (κ2) is 3.91. The van der Waals surface area contributed by atoms with Crippen molar-refractivity contribution in [2.45, 2.75) is 13.1 Å². The zero-order chi connectivity index (χ0) is 8.93. The molecule has 68 valence electrons. The molecule has 2 rings (SSSR count). The van der Waals surface area contributed by atoms with Crippen LogP contribution in [0, 0.1) is 0 Å². The predicted octanol–water partition coefficient (Wildman–Crippen LogP) is 1.29. The van der Waals surface area contributed by atoms with E-state index in [1.54, 1.807) is 6.26 Å². The average molecular weight is 177 g/mol. The summed E-state index contributed by atoms with van der Waals surface area (Å²) < 4.78 is 4.70. The van der Waals surface area contributed by atoms with Gasteiger partial charge in [0.25, 0.3) is 0 Å². The first-order valence-corrected chi connectivity index (χ1v) is 4.17. The monoisotopic (exact) mass is 177 g/mol. The first kappa shape index (κ1) is 8.07. The molecule has 2 heterocycles. The van der Waals surface area contributed by atoms with Crippen molar-refractivity contribution in [3.05, 3.63) is 42.0 Å². The summed E-state index contributed by atoms with van der Waals surface area (Å²) in [7, 11) is 0. The van der Waals surface area contributed by atoms with E-state index in [-0.39, 0.29) is 0 Å². The minimum Gasteiger partial charge on any atom is -0.364 e. The molecule has 2 aromatic heterocycles. The summed E-state index contributed by atoms with van der Waals surface area (Å²) in [5.74, 6) is 0. The van der Waals surface area contributed by atoms with E-state index >= 15 is 0 Å². The quantitative estimate of drug-likeness (QED) is 0.740. The number of hydrogen-bond acceptors (Lipinski definition) is 3. The van der Waals surface area contributed by atoms with Crippen LogP contribution in [-0.4, -0.2) is 10.1 Å². The molecule has 0 saturated heterocycles. The molecule has 0 aliphatic rings. The van der Waals surface area contributed by atoms with Gasteiger partial charge in [0.2, 0.25) is 0 Å². The SMILES string of the molecule is c1c[nH]c(CNCc2ccon2)c1. The van der Waals surface area contributed by atoms with Crippen LogP contribution >= 0.6 is 0 Å². The standard InChI is InChI=1S/C9H11N3O/c1-2-8(11-4-1)6-10-7-9-3-5-13-12-9/h1-5,10-11H,6-7H2. The van der Waals surface area contributed by atoms with Crippen molar-refractivity contribution in [1.29, 1.82) is 0 Å². The van der Waals surface area contributed by atoms with Crippen LogP contribution in [0.4, 0.5) is 0 Å². The lowest BCUT2D eigenvalue weighted by Gasteiger charge is -1.98. The van der Waals surface area contributed by atoms with E-state index < -0.39 is 0 Å². The fraction of sp³-hybridized carbons (Fsp3) is 0.222. The molecule has 0 unspecified atom stereocenters. The van der Waals surface area contributed by atoms with Gasteiger partial charge < -0.3 is 14.8 Å². The van der Waals surface area contributed by atoms with Gasteiger partial charge in [-0.05, 0) is 12.1 Å². The molecule has 0 fully saturated rings. The summed E-state index contributed by atoms with van der Waals surface area (Å²) in [4.78, 5) is 3.11. The molecule has 0 amide bonds. The zero-order valence-corrected chi connectivity index (χ0v) is 7.16. The molecule has 2 N–H and O–H groups in total. The van der Waals surface area contributed by atoms with Crippen LogP contribution in [0.3, 0.4) is 0 Å². The molecule has 0 atom stereocenters. The molecule has 4 heteroatoms. The number of hydrogen-bond donors (Lipinski definition) is 2. The van der Waals surface area contributed by atoms with Crippen molar-refractivity contribution in [2.75, 3.05) is 0 Å². The lowest BCUT2D eigenvalue weighted by Crippen LogP contribution is -2.12. The van der Waals surface area contributed by atoms with E-state index in [0.29, 0.717) is 0 Å². The maximum absolute atomic E-state index is 4.70. The summed E-state index contributed by atoms with van der Waals surface area (Å²) in [6.45, 7) is 1.55. The number of aromatic amines is 1. The molecule has 0 bridgehead atoms. The fourth-order valence-electron chi connectivity index (χ4n) is 1.13. The zero-order valence-electron chi connectivity index (χ0n) is 7.16. The van der Waals surface area contributed by atoms with Crippen LogP contribution in [0.5, 0.6) is 0 Å². The number of H-pyrrole nitrogens is 1. The van der Waals surface area contributed by atoms with Crippen LogP contribution in [0.2, 0.25) is 0 Å². The van der Waals surface area contributed by atoms with E-state index in [2.05, 4.69) is 15.5 Å². The van der Waals surface area contributed by atoms with Gasteiger partial charge >= 0.3 is 0 Å². The number of nitrogens with one attached hydrogen (secondary N) is 2. The molecular weight excluding hydrogens is 166 g/mol. The van der Waals surface area contributed by atoms with Gasteiger partial charge in [-0.1, -0.05) is 5.16 Å². The van der Waals surface area contributed by atoms with E-state index in [9.17, 15) is 0 Å². The summed E-state index contributed by atoms with van der Waals surface area (Å²) in [6.07, 6.45) is 3.48. The van der Waals surface area contributed by atoms with E-state index in [0.717, 1.165) is 18.8 Å². The number of nitrogens with zero attached hydrogens (tertiary/aromatic N) is 1. The first-order valence-electron chi connectivity index (χ1n) is 4.17.